The third-order valence-corrected chi connectivity index (χ3v) is 7.25. The third kappa shape index (κ3) is 5.85. The average Bonchev–Trinajstić information content (AvgIpc) is 2.80. The molecule has 4 rings (SSSR count). The fourth-order valence-corrected chi connectivity index (χ4v) is 5.04. The van der Waals surface area contributed by atoms with Crippen LogP contribution < -0.4 is 4.72 Å². The van der Waals surface area contributed by atoms with Crippen molar-refractivity contribution in [3.63, 3.8) is 0 Å². The van der Waals surface area contributed by atoms with Crippen molar-refractivity contribution in [1.82, 2.24) is 9.88 Å². The molecule has 1 aliphatic rings. The van der Waals surface area contributed by atoms with Crippen LogP contribution in [-0.4, -0.2) is 51.1 Å². The fraction of sp³-hybridized carbons (Fsp3) is 0.400. The van der Waals surface area contributed by atoms with E-state index in [-0.39, 0.29) is 4.90 Å². The normalized spacial score (nSPS) is 15.2. The van der Waals surface area contributed by atoms with Gasteiger partial charge >= 0.3 is 0 Å². The van der Waals surface area contributed by atoms with Gasteiger partial charge < -0.3 is 4.74 Å². The molecule has 0 aliphatic carbocycles. The van der Waals surface area contributed by atoms with Gasteiger partial charge in [-0.15, -0.1) is 0 Å². The monoisotopic (exact) mass is 453 g/mol. The van der Waals surface area contributed by atoms with E-state index >= 15 is 0 Å². The highest BCUT2D eigenvalue weighted by molar-refractivity contribution is 7.92. The number of hydrogen-bond donors (Lipinski definition) is 1. The van der Waals surface area contributed by atoms with Crippen LogP contribution in [0.15, 0.2) is 59.5 Å². The van der Waals surface area contributed by atoms with Crippen LogP contribution in [0.2, 0.25) is 0 Å². The maximum absolute atomic E-state index is 12.9. The van der Waals surface area contributed by atoms with Crippen LogP contribution in [0.5, 0.6) is 0 Å². The summed E-state index contributed by atoms with van der Waals surface area (Å²) in [5.74, 6) is 0. The Hall–Kier alpha value is -2.48. The second-order valence-corrected chi connectivity index (χ2v) is 10.0. The first kappa shape index (κ1) is 22.7. The number of para-hydroxylation sites is 1. The topological polar surface area (TPSA) is 71.5 Å². The first-order chi connectivity index (χ1) is 15.5. The number of morpholine rings is 1. The lowest BCUT2D eigenvalue weighted by Crippen LogP contribution is -2.36. The lowest BCUT2D eigenvalue weighted by atomic mass is 10.1. The summed E-state index contributed by atoms with van der Waals surface area (Å²) in [6, 6.07) is 16.5. The van der Waals surface area contributed by atoms with Crippen LogP contribution in [0.4, 0.5) is 5.69 Å². The molecule has 0 atom stereocenters. The predicted molar refractivity (Wildman–Crippen MR) is 129 cm³/mol. The van der Waals surface area contributed by atoms with Gasteiger partial charge in [0.25, 0.3) is 10.0 Å². The standard InChI is InChI=1S/C25H31N3O3S/c1-20-9-13-23(14-10-20)32(29,30)27-24-8-5-6-21-11-12-22(26-25(21)24)7-3-2-4-15-28-16-18-31-19-17-28/h5-6,8-14,27H,2-4,7,15-19H2,1H3. The number of nitrogens with one attached hydrogen (secondary N) is 1. The van der Waals surface area contributed by atoms with E-state index in [4.69, 9.17) is 9.72 Å². The number of unbranched alkanes of at least 4 members (excludes halogenated alkanes) is 2. The van der Waals surface area contributed by atoms with Crippen molar-refractivity contribution in [3.8, 4) is 0 Å². The molecule has 0 amide bonds. The molecule has 1 N–H and O–H groups in total. The highest BCUT2D eigenvalue weighted by Crippen LogP contribution is 2.25. The summed E-state index contributed by atoms with van der Waals surface area (Å²) in [5.41, 5.74) is 3.21. The molecule has 32 heavy (non-hydrogen) atoms. The lowest BCUT2D eigenvalue weighted by Gasteiger charge is -2.26. The number of benzene rings is 2. The van der Waals surface area contributed by atoms with Gasteiger partial charge in [-0.3, -0.25) is 14.6 Å². The Balaban J connectivity index is 1.40. The Kier molecular flexibility index (Phi) is 7.40. The minimum absolute atomic E-state index is 0.247. The molecule has 1 aliphatic heterocycles. The summed E-state index contributed by atoms with van der Waals surface area (Å²) in [5, 5.41) is 0.921. The molecule has 0 spiro atoms. The smallest absolute Gasteiger partial charge is 0.261 e. The van der Waals surface area contributed by atoms with Crippen molar-refractivity contribution in [1.29, 1.82) is 0 Å². The van der Waals surface area contributed by atoms with Gasteiger partial charge in [0.1, 0.15) is 0 Å². The summed E-state index contributed by atoms with van der Waals surface area (Å²) in [7, 11) is -3.67. The van der Waals surface area contributed by atoms with E-state index in [2.05, 4.69) is 9.62 Å². The molecule has 0 radical (unpaired) electrons. The molecular formula is C25H31N3O3S. The van der Waals surface area contributed by atoms with Crippen LogP contribution in [0.25, 0.3) is 10.9 Å². The van der Waals surface area contributed by atoms with Crippen LogP contribution in [0, 0.1) is 6.92 Å². The largest absolute Gasteiger partial charge is 0.379 e. The quantitative estimate of drug-likeness (QED) is 0.487. The summed E-state index contributed by atoms with van der Waals surface area (Å²) >= 11 is 0. The number of ether oxygens (including phenoxy) is 1. The van der Waals surface area contributed by atoms with E-state index < -0.39 is 10.0 Å². The number of aryl methyl sites for hydroxylation is 2. The number of pyridine rings is 1. The average molecular weight is 454 g/mol. The molecule has 1 saturated heterocycles. The molecule has 0 unspecified atom stereocenters. The molecule has 0 bridgehead atoms. The first-order valence-corrected chi connectivity index (χ1v) is 12.8. The second-order valence-electron chi connectivity index (χ2n) is 8.36. The zero-order chi connectivity index (χ0) is 22.4. The van der Waals surface area contributed by atoms with Crippen molar-refractivity contribution in [3.05, 3.63) is 65.9 Å². The van der Waals surface area contributed by atoms with Crippen molar-refractivity contribution >= 4 is 26.6 Å². The molecule has 2 heterocycles. The third-order valence-electron chi connectivity index (χ3n) is 5.86. The first-order valence-electron chi connectivity index (χ1n) is 11.3. The second kappa shape index (κ2) is 10.4. The molecule has 1 fully saturated rings. The van der Waals surface area contributed by atoms with Gasteiger partial charge in [-0.1, -0.05) is 42.3 Å². The number of rotatable bonds is 9. The van der Waals surface area contributed by atoms with Crippen LogP contribution >= 0.6 is 0 Å². The number of anilines is 1. The lowest BCUT2D eigenvalue weighted by molar-refractivity contribution is 0.0371. The Morgan fingerprint density at radius 2 is 1.75 bits per heavy atom. The summed E-state index contributed by atoms with van der Waals surface area (Å²) in [6.07, 6.45) is 4.28. The van der Waals surface area contributed by atoms with Gasteiger partial charge in [-0.05, 0) is 57.0 Å². The molecule has 2 aromatic carbocycles. The summed E-state index contributed by atoms with van der Waals surface area (Å²) in [4.78, 5) is 7.51. The molecule has 1 aromatic heterocycles. The van der Waals surface area contributed by atoms with Gasteiger partial charge in [-0.25, -0.2) is 8.42 Å². The van der Waals surface area contributed by atoms with E-state index in [1.165, 1.54) is 6.42 Å². The minimum Gasteiger partial charge on any atom is -0.379 e. The summed E-state index contributed by atoms with van der Waals surface area (Å²) in [6.45, 7) is 6.82. The maximum atomic E-state index is 12.9. The fourth-order valence-electron chi connectivity index (χ4n) is 3.97. The molecule has 170 valence electrons. The van der Waals surface area contributed by atoms with Gasteiger partial charge in [0, 0.05) is 24.2 Å². The van der Waals surface area contributed by atoms with Crippen LogP contribution in [0.3, 0.4) is 0 Å². The number of fused-ring (bicyclic) bond motifs is 1. The molecule has 3 aromatic rings. The van der Waals surface area contributed by atoms with Crippen molar-refractivity contribution in [2.45, 2.75) is 37.5 Å². The number of hydrogen-bond acceptors (Lipinski definition) is 5. The molecule has 6 nitrogen and oxygen atoms in total. The van der Waals surface area contributed by atoms with E-state index in [9.17, 15) is 8.42 Å². The Morgan fingerprint density at radius 3 is 2.53 bits per heavy atom. The van der Waals surface area contributed by atoms with E-state index in [1.54, 1.807) is 30.3 Å². The van der Waals surface area contributed by atoms with Crippen LogP contribution in [-0.2, 0) is 21.2 Å². The van der Waals surface area contributed by atoms with E-state index in [0.717, 1.165) is 68.8 Å². The van der Waals surface area contributed by atoms with Gasteiger partial charge in [-0.2, -0.15) is 0 Å². The Morgan fingerprint density at radius 1 is 0.969 bits per heavy atom. The highest BCUT2D eigenvalue weighted by atomic mass is 32.2. The van der Waals surface area contributed by atoms with Crippen LogP contribution in [0.1, 0.15) is 30.5 Å². The summed E-state index contributed by atoms with van der Waals surface area (Å²) < 4.78 is 33.9. The molecule has 7 heteroatoms. The van der Waals surface area contributed by atoms with Gasteiger partial charge in [0.2, 0.25) is 0 Å². The van der Waals surface area contributed by atoms with E-state index in [0.29, 0.717) is 11.2 Å². The molecule has 0 saturated carbocycles. The highest BCUT2D eigenvalue weighted by Gasteiger charge is 2.16. The zero-order valence-electron chi connectivity index (χ0n) is 18.6. The van der Waals surface area contributed by atoms with Crippen molar-refractivity contribution in [2.24, 2.45) is 0 Å². The van der Waals surface area contributed by atoms with Crippen molar-refractivity contribution in [2.75, 3.05) is 37.6 Å². The minimum atomic E-state index is -3.67. The van der Waals surface area contributed by atoms with Crippen molar-refractivity contribution < 1.29 is 13.2 Å². The molecular weight excluding hydrogens is 422 g/mol. The SMILES string of the molecule is Cc1ccc(S(=O)(=O)Nc2cccc3ccc(CCCCCN4CCOCC4)nc23)cc1. The maximum Gasteiger partial charge on any atom is 0.261 e. The van der Waals surface area contributed by atoms with Gasteiger partial charge in [0.05, 0.1) is 29.3 Å². The number of sulfonamides is 1. The predicted octanol–water partition coefficient (Wildman–Crippen LogP) is 4.39. The van der Waals surface area contributed by atoms with Gasteiger partial charge in [0.15, 0.2) is 0 Å². The Labute approximate surface area is 190 Å². The Bertz CT molecular complexity index is 1140. The number of nitrogens with zero attached hydrogens (tertiary/aromatic N) is 2. The number of aromatic nitrogens is 1. The van der Waals surface area contributed by atoms with E-state index in [1.807, 2.05) is 31.2 Å². The zero-order valence-corrected chi connectivity index (χ0v) is 19.4.